The van der Waals surface area contributed by atoms with Gasteiger partial charge in [0.2, 0.25) is 0 Å². The molecule has 2 heterocycles. The summed E-state index contributed by atoms with van der Waals surface area (Å²) in [6, 6.07) is 72.0. The molecule has 3 heteroatoms. The maximum absolute atomic E-state index is 2.47. The minimum atomic E-state index is 1.13. The predicted octanol–water partition coefficient (Wildman–Crippen LogP) is 13.4. The molecule has 2 aromatic heterocycles. The van der Waals surface area contributed by atoms with Gasteiger partial charge in [-0.15, -0.1) is 0 Å². The fraction of sp³-hybridized carbons (Fsp3) is 0. The van der Waals surface area contributed by atoms with Gasteiger partial charge in [0.1, 0.15) is 0 Å². The van der Waals surface area contributed by atoms with Crippen LogP contribution in [0.2, 0.25) is 0 Å². The summed E-state index contributed by atoms with van der Waals surface area (Å²) in [6.07, 6.45) is 0. The summed E-state index contributed by atoms with van der Waals surface area (Å²) in [5, 5.41) is 4.99. The Kier molecular flexibility index (Phi) is 6.81. The highest BCUT2D eigenvalue weighted by atomic mass is 15.1. The normalized spacial score (nSPS) is 11.5. The largest absolute Gasteiger partial charge is 0.310 e. The van der Waals surface area contributed by atoms with E-state index in [0.717, 1.165) is 34.1 Å². The van der Waals surface area contributed by atoms with Gasteiger partial charge < -0.3 is 14.2 Å². The van der Waals surface area contributed by atoms with Crippen LogP contribution in [-0.2, 0) is 0 Å². The number of fused-ring (bicyclic) bond motifs is 6. The fourth-order valence-electron chi connectivity index (χ4n) is 7.80. The zero-order valence-corrected chi connectivity index (χ0v) is 27.9. The van der Waals surface area contributed by atoms with Crippen molar-refractivity contribution in [2.45, 2.75) is 0 Å². The minimum absolute atomic E-state index is 1.13. The van der Waals surface area contributed by atoms with Crippen LogP contribution in [-0.4, -0.2) is 4.40 Å². The molecule has 0 amide bonds. The van der Waals surface area contributed by atoms with E-state index in [2.05, 4.69) is 214 Å². The van der Waals surface area contributed by atoms with Gasteiger partial charge >= 0.3 is 0 Å². The predicted molar refractivity (Wildman–Crippen MR) is 216 cm³/mol. The highest BCUT2D eigenvalue weighted by Crippen LogP contribution is 2.46. The van der Waals surface area contributed by atoms with E-state index in [1.165, 1.54) is 49.2 Å². The van der Waals surface area contributed by atoms with E-state index < -0.39 is 0 Å². The molecule has 0 bridgehead atoms. The van der Waals surface area contributed by atoms with Gasteiger partial charge in [-0.1, -0.05) is 103 Å². The van der Waals surface area contributed by atoms with Crippen molar-refractivity contribution in [3.05, 3.63) is 200 Å². The molecule has 0 aliphatic rings. The van der Waals surface area contributed by atoms with Crippen LogP contribution >= 0.6 is 0 Å². The van der Waals surface area contributed by atoms with Gasteiger partial charge in [-0.05, 0) is 108 Å². The summed E-state index contributed by atoms with van der Waals surface area (Å²) in [5.41, 5.74) is 12.9. The molecule has 0 fully saturated rings. The Labute approximate surface area is 296 Å². The van der Waals surface area contributed by atoms with Crippen LogP contribution in [0, 0.1) is 0 Å². The standard InChI is InChI=1S/C48H33N3/c1-6-16-34(17-7-1)35-30-44-42-32-40(49(36-18-8-2-9-19-36)37-20-10-3-11-21-37)26-28-46(42)51-47-29-27-41(33-43(47)45(31-35)48(44)51)50(38-22-12-4-13-23-38)39-24-14-5-15-25-39/h1-33H. The van der Waals surface area contributed by atoms with Gasteiger partial charge in [0.25, 0.3) is 0 Å². The molecule has 0 aliphatic carbocycles. The van der Waals surface area contributed by atoms with Gasteiger partial charge in [-0.3, -0.25) is 0 Å². The van der Waals surface area contributed by atoms with Crippen LogP contribution in [0.5, 0.6) is 0 Å². The van der Waals surface area contributed by atoms with Gasteiger partial charge in [-0.25, -0.2) is 0 Å². The lowest BCUT2D eigenvalue weighted by molar-refractivity contribution is 1.28. The number of hydrogen-bond donors (Lipinski definition) is 0. The molecule has 0 aliphatic heterocycles. The Bertz CT molecular complexity index is 2530. The summed E-state index contributed by atoms with van der Waals surface area (Å²) in [7, 11) is 0. The molecule has 0 saturated carbocycles. The smallest absolute Gasteiger partial charge is 0.0620 e. The second-order valence-electron chi connectivity index (χ2n) is 13.0. The van der Waals surface area contributed by atoms with Crippen LogP contribution in [0.4, 0.5) is 34.1 Å². The van der Waals surface area contributed by atoms with E-state index in [1.54, 1.807) is 0 Å². The first kappa shape index (κ1) is 29.1. The molecule has 0 spiro atoms. The van der Waals surface area contributed by atoms with Crippen LogP contribution in [0.25, 0.3) is 49.2 Å². The second kappa shape index (κ2) is 11.9. The number of para-hydroxylation sites is 4. The Hall–Kier alpha value is -6.84. The first-order valence-corrected chi connectivity index (χ1v) is 17.4. The van der Waals surface area contributed by atoms with E-state index >= 15 is 0 Å². The number of nitrogens with zero attached hydrogens (tertiary/aromatic N) is 3. The minimum Gasteiger partial charge on any atom is -0.310 e. The molecule has 0 N–H and O–H groups in total. The third-order valence-corrected chi connectivity index (χ3v) is 10.0. The number of benzene rings is 8. The van der Waals surface area contributed by atoms with Crippen molar-refractivity contribution in [2.75, 3.05) is 9.80 Å². The summed E-state index contributed by atoms with van der Waals surface area (Å²) < 4.78 is 2.47. The first-order valence-electron chi connectivity index (χ1n) is 17.4. The maximum atomic E-state index is 2.47. The molecule has 0 unspecified atom stereocenters. The third-order valence-electron chi connectivity index (χ3n) is 10.0. The van der Waals surface area contributed by atoms with E-state index in [0.29, 0.717) is 0 Å². The van der Waals surface area contributed by atoms with Crippen LogP contribution in [0.3, 0.4) is 0 Å². The Morgan fingerprint density at radius 1 is 0.275 bits per heavy atom. The molecule has 240 valence electrons. The van der Waals surface area contributed by atoms with Gasteiger partial charge in [0.15, 0.2) is 0 Å². The summed E-state index contributed by atoms with van der Waals surface area (Å²) in [5.74, 6) is 0. The maximum Gasteiger partial charge on any atom is 0.0620 e. The van der Waals surface area contributed by atoms with Crippen molar-refractivity contribution < 1.29 is 0 Å². The fourth-order valence-corrected chi connectivity index (χ4v) is 7.80. The monoisotopic (exact) mass is 651 g/mol. The van der Waals surface area contributed by atoms with Crippen molar-refractivity contribution in [2.24, 2.45) is 0 Å². The number of rotatable bonds is 7. The van der Waals surface area contributed by atoms with Crippen molar-refractivity contribution >= 4 is 72.2 Å². The molecule has 0 atom stereocenters. The molecule has 8 aromatic carbocycles. The molecule has 10 rings (SSSR count). The highest BCUT2D eigenvalue weighted by Gasteiger charge is 2.22. The van der Waals surface area contributed by atoms with Gasteiger partial charge in [0, 0.05) is 55.7 Å². The zero-order valence-electron chi connectivity index (χ0n) is 27.9. The van der Waals surface area contributed by atoms with E-state index in [9.17, 15) is 0 Å². The lowest BCUT2D eigenvalue weighted by atomic mass is 9.99. The Morgan fingerprint density at radius 3 is 1.00 bits per heavy atom. The summed E-state index contributed by atoms with van der Waals surface area (Å²) >= 11 is 0. The van der Waals surface area contributed by atoms with Crippen molar-refractivity contribution in [1.82, 2.24) is 4.40 Å². The van der Waals surface area contributed by atoms with Crippen LogP contribution in [0.1, 0.15) is 0 Å². The second-order valence-corrected chi connectivity index (χ2v) is 13.0. The lowest BCUT2D eigenvalue weighted by Crippen LogP contribution is -2.09. The summed E-state index contributed by atoms with van der Waals surface area (Å²) in [6.45, 7) is 0. The van der Waals surface area contributed by atoms with Crippen molar-refractivity contribution in [3.8, 4) is 11.1 Å². The number of hydrogen-bond acceptors (Lipinski definition) is 2. The van der Waals surface area contributed by atoms with E-state index in [-0.39, 0.29) is 0 Å². The van der Waals surface area contributed by atoms with E-state index in [4.69, 9.17) is 0 Å². The third kappa shape index (κ3) is 4.82. The Balaban J connectivity index is 1.25. The van der Waals surface area contributed by atoms with Gasteiger partial charge in [0.05, 0.1) is 16.6 Å². The average molecular weight is 652 g/mol. The van der Waals surface area contributed by atoms with E-state index in [1.807, 2.05) is 0 Å². The average Bonchev–Trinajstić information content (AvgIpc) is 3.71. The molecular weight excluding hydrogens is 619 g/mol. The highest BCUT2D eigenvalue weighted by molar-refractivity contribution is 6.25. The number of anilines is 6. The molecule has 10 aromatic rings. The molecule has 51 heavy (non-hydrogen) atoms. The number of aromatic nitrogens is 1. The van der Waals surface area contributed by atoms with Crippen LogP contribution < -0.4 is 9.80 Å². The van der Waals surface area contributed by atoms with Gasteiger partial charge in [-0.2, -0.15) is 0 Å². The van der Waals surface area contributed by atoms with Crippen molar-refractivity contribution in [1.29, 1.82) is 0 Å². The summed E-state index contributed by atoms with van der Waals surface area (Å²) in [4.78, 5) is 4.69. The zero-order chi connectivity index (χ0) is 33.7. The molecule has 0 saturated heterocycles. The SMILES string of the molecule is c1ccc(-c2cc3c4cc(N(c5ccccc5)c5ccccc5)ccc4n4c5ccc(N(c6ccccc6)c6ccccc6)cc5c(c2)c34)cc1. The topological polar surface area (TPSA) is 10.9 Å². The van der Waals surface area contributed by atoms with Crippen LogP contribution in [0.15, 0.2) is 200 Å². The first-order chi connectivity index (χ1) is 25.3. The molecule has 3 nitrogen and oxygen atoms in total. The quantitative estimate of drug-likeness (QED) is 0.170. The molecular formula is C48H33N3. The van der Waals surface area contributed by atoms with Crippen molar-refractivity contribution in [3.63, 3.8) is 0 Å². The Morgan fingerprint density at radius 2 is 0.627 bits per heavy atom. The molecule has 0 radical (unpaired) electrons. The lowest BCUT2D eigenvalue weighted by Gasteiger charge is -2.25.